The second kappa shape index (κ2) is 11.8. The molecule has 218 valence electrons. The third kappa shape index (κ3) is 6.50. The Balaban J connectivity index is 1.35. The van der Waals surface area contributed by atoms with Gasteiger partial charge in [-0.15, -0.1) is 0 Å². The molecule has 1 aromatic heterocycles. The summed E-state index contributed by atoms with van der Waals surface area (Å²) in [6.45, 7) is 11.6. The first-order valence-electron chi connectivity index (χ1n) is 14.4. The predicted molar refractivity (Wildman–Crippen MR) is 159 cm³/mol. The molecule has 2 amide bonds. The number of nitrogens with zero attached hydrogens (tertiary/aromatic N) is 5. The van der Waals surface area contributed by atoms with E-state index in [1.165, 1.54) is 5.56 Å². The van der Waals surface area contributed by atoms with E-state index in [4.69, 9.17) is 14.6 Å². The van der Waals surface area contributed by atoms with Gasteiger partial charge in [-0.3, -0.25) is 4.79 Å². The zero-order chi connectivity index (χ0) is 29.1. The fraction of sp³-hybridized carbons (Fsp3) is 0.469. The summed E-state index contributed by atoms with van der Waals surface area (Å²) in [5.41, 5.74) is 4.24. The van der Waals surface area contributed by atoms with Crippen molar-refractivity contribution in [2.75, 3.05) is 51.3 Å². The molecule has 0 bridgehead atoms. The van der Waals surface area contributed by atoms with Crippen LogP contribution in [0.1, 0.15) is 61.1 Å². The van der Waals surface area contributed by atoms with Crippen LogP contribution in [-0.4, -0.2) is 83.6 Å². The van der Waals surface area contributed by atoms with Gasteiger partial charge in [-0.05, 0) is 64.8 Å². The van der Waals surface area contributed by atoms with Crippen molar-refractivity contribution < 1.29 is 19.1 Å². The molecule has 41 heavy (non-hydrogen) atoms. The van der Waals surface area contributed by atoms with Crippen LogP contribution in [0.5, 0.6) is 5.75 Å². The van der Waals surface area contributed by atoms with Gasteiger partial charge in [-0.1, -0.05) is 23.8 Å². The molecule has 0 aliphatic carbocycles. The zero-order valence-electron chi connectivity index (χ0n) is 24.8. The summed E-state index contributed by atoms with van der Waals surface area (Å²) in [7, 11) is 1.67. The lowest BCUT2D eigenvalue weighted by Crippen LogP contribution is -2.49. The molecule has 0 radical (unpaired) electrons. The van der Waals surface area contributed by atoms with Gasteiger partial charge in [0.1, 0.15) is 11.4 Å². The maximum atomic E-state index is 14.0. The molecule has 2 aliphatic heterocycles. The highest BCUT2D eigenvalue weighted by Crippen LogP contribution is 2.34. The van der Waals surface area contributed by atoms with Crippen LogP contribution in [0.2, 0.25) is 0 Å². The molecular formula is C32H41N5O4. The van der Waals surface area contributed by atoms with E-state index in [1.54, 1.807) is 18.2 Å². The third-order valence-corrected chi connectivity index (χ3v) is 7.83. The summed E-state index contributed by atoms with van der Waals surface area (Å²) < 4.78 is 12.9. The first kappa shape index (κ1) is 28.5. The molecule has 3 aromatic rings. The number of carbonyl (C=O) groups excluding carboxylic acids is 2. The monoisotopic (exact) mass is 559 g/mol. The van der Waals surface area contributed by atoms with Crippen LogP contribution >= 0.6 is 0 Å². The van der Waals surface area contributed by atoms with Crippen molar-refractivity contribution in [3.05, 3.63) is 71.5 Å². The number of aryl methyl sites for hydroxylation is 1. The number of ether oxygens (including phenoxy) is 2. The molecule has 0 N–H and O–H groups in total. The number of piperidine rings is 1. The Hall–Kier alpha value is -4.01. The highest BCUT2D eigenvalue weighted by molar-refractivity contribution is 5.95. The molecule has 0 unspecified atom stereocenters. The minimum Gasteiger partial charge on any atom is -0.497 e. The molecule has 2 aromatic carbocycles. The summed E-state index contributed by atoms with van der Waals surface area (Å²) in [6.07, 6.45) is 2.92. The van der Waals surface area contributed by atoms with Crippen LogP contribution in [0, 0.1) is 6.92 Å². The third-order valence-electron chi connectivity index (χ3n) is 7.83. The van der Waals surface area contributed by atoms with Gasteiger partial charge in [0.05, 0.1) is 30.3 Å². The molecule has 9 heteroatoms. The van der Waals surface area contributed by atoms with Gasteiger partial charge < -0.3 is 24.2 Å². The van der Waals surface area contributed by atoms with Gasteiger partial charge in [-0.2, -0.15) is 5.10 Å². The van der Waals surface area contributed by atoms with Gasteiger partial charge in [0.15, 0.2) is 0 Å². The van der Waals surface area contributed by atoms with Crippen molar-refractivity contribution in [2.45, 2.75) is 52.1 Å². The summed E-state index contributed by atoms with van der Waals surface area (Å²) in [4.78, 5) is 32.7. The van der Waals surface area contributed by atoms with Crippen molar-refractivity contribution >= 4 is 17.7 Å². The van der Waals surface area contributed by atoms with E-state index in [1.807, 2.05) is 60.7 Å². The number of benzene rings is 2. The minimum atomic E-state index is -0.534. The Bertz CT molecular complexity index is 1360. The van der Waals surface area contributed by atoms with Crippen LogP contribution in [0.3, 0.4) is 0 Å². The molecular weight excluding hydrogens is 518 g/mol. The Morgan fingerprint density at radius 2 is 1.56 bits per heavy atom. The van der Waals surface area contributed by atoms with E-state index >= 15 is 0 Å². The largest absolute Gasteiger partial charge is 0.497 e. The van der Waals surface area contributed by atoms with Crippen LogP contribution in [-0.2, 0) is 4.74 Å². The number of anilines is 1. The lowest BCUT2D eigenvalue weighted by Gasteiger charge is -2.37. The quantitative estimate of drug-likeness (QED) is 0.424. The van der Waals surface area contributed by atoms with Crippen molar-refractivity contribution in [2.24, 2.45) is 0 Å². The molecule has 0 atom stereocenters. The number of rotatable bonds is 5. The fourth-order valence-corrected chi connectivity index (χ4v) is 5.61. The molecule has 9 nitrogen and oxygen atoms in total. The smallest absolute Gasteiger partial charge is 0.410 e. The molecule has 2 fully saturated rings. The van der Waals surface area contributed by atoms with Crippen LogP contribution in [0.15, 0.2) is 54.7 Å². The zero-order valence-corrected chi connectivity index (χ0v) is 24.8. The average molecular weight is 560 g/mol. The summed E-state index contributed by atoms with van der Waals surface area (Å²) in [5, 5.41) is 4.73. The number of methoxy groups -OCH3 is 1. The summed E-state index contributed by atoms with van der Waals surface area (Å²) in [5.74, 6) is 0.930. The number of hydrogen-bond acceptors (Lipinski definition) is 6. The Labute approximate surface area is 242 Å². The van der Waals surface area contributed by atoms with Crippen molar-refractivity contribution in [1.29, 1.82) is 0 Å². The molecule has 5 rings (SSSR count). The van der Waals surface area contributed by atoms with E-state index in [0.29, 0.717) is 31.7 Å². The number of likely N-dealkylation sites (tertiary alicyclic amines) is 1. The Morgan fingerprint density at radius 1 is 0.878 bits per heavy atom. The maximum absolute atomic E-state index is 14.0. The van der Waals surface area contributed by atoms with Crippen LogP contribution in [0.25, 0.3) is 5.69 Å². The van der Waals surface area contributed by atoms with Crippen molar-refractivity contribution in [1.82, 2.24) is 19.6 Å². The van der Waals surface area contributed by atoms with E-state index in [9.17, 15) is 9.59 Å². The minimum absolute atomic E-state index is 0.0122. The predicted octanol–water partition coefficient (Wildman–Crippen LogP) is 5.27. The first-order chi connectivity index (χ1) is 19.6. The molecule has 0 saturated carbocycles. The topological polar surface area (TPSA) is 80.1 Å². The van der Waals surface area contributed by atoms with Crippen LogP contribution in [0.4, 0.5) is 10.5 Å². The summed E-state index contributed by atoms with van der Waals surface area (Å²) >= 11 is 0. The van der Waals surface area contributed by atoms with Crippen molar-refractivity contribution in [3.8, 4) is 11.4 Å². The van der Waals surface area contributed by atoms with E-state index in [2.05, 4.69) is 30.0 Å². The lowest BCUT2D eigenvalue weighted by molar-refractivity contribution is 0.0203. The molecule has 0 spiro atoms. The highest BCUT2D eigenvalue weighted by Gasteiger charge is 2.34. The number of hydrogen-bond donors (Lipinski definition) is 0. The van der Waals surface area contributed by atoms with Gasteiger partial charge in [0, 0.05) is 56.9 Å². The Morgan fingerprint density at radius 3 is 2.20 bits per heavy atom. The fourth-order valence-electron chi connectivity index (χ4n) is 5.61. The SMILES string of the molecule is COc1cccc(N2CCN(C(=O)c3cnn(-c4ccc(C)cc4)c3C3CCN(C(=O)OC(C)(C)C)CC3)CC2)c1. The van der Waals surface area contributed by atoms with Gasteiger partial charge in [-0.25, -0.2) is 9.48 Å². The van der Waals surface area contributed by atoms with E-state index in [0.717, 1.165) is 48.7 Å². The van der Waals surface area contributed by atoms with Crippen molar-refractivity contribution in [3.63, 3.8) is 0 Å². The molecule has 3 heterocycles. The maximum Gasteiger partial charge on any atom is 0.410 e. The Kier molecular flexibility index (Phi) is 8.24. The van der Waals surface area contributed by atoms with Gasteiger partial charge in [0.25, 0.3) is 5.91 Å². The van der Waals surface area contributed by atoms with Gasteiger partial charge >= 0.3 is 6.09 Å². The lowest BCUT2D eigenvalue weighted by atomic mass is 9.90. The number of amides is 2. The standard InChI is InChI=1S/C32H41N5O4/c1-23-9-11-25(12-10-23)37-29(24-13-15-36(16-14-24)31(39)41-32(2,3)4)28(22-33-37)30(38)35-19-17-34(18-20-35)26-7-6-8-27(21-26)40-5/h6-12,21-22,24H,13-20H2,1-5H3. The second-order valence-electron chi connectivity index (χ2n) is 11.9. The van der Waals surface area contributed by atoms with Gasteiger partial charge in [0.2, 0.25) is 0 Å². The number of carbonyl (C=O) groups is 2. The first-order valence-corrected chi connectivity index (χ1v) is 14.4. The normalized spacial score (nSPS) is 16.6. The number of aromatic nitrogens is 2. The summed E-state index contributed by atoms with van der Waals surface area (Å²) in [6, 6.07) is 16.3. The average Bonchev–Trinajstić information content (AvgIpc) is 3.41. The van der Waals surface area contributed by atoms with E-state index in [-0.39, 0.29) is 17.9 Å². The molecule has 2 aliphatic rings. The number of piperazine rings is 1. The second-order valence-corrected chi connectivity index (χ2v) is 11.9. The highest BCUT2D eigenvalue weighted by atomic mass is 16.6. The van der Waals surface area contributed by atoms with Crippen LogP contribution < -0.4 is 9.64 Å². The molecule has 2 saturated heterocycles. The van der Waals surface area contributed by atoms with E-state index < -0.39 is 5.60 Å².